The summed E-state index contributed by atoms with van der Waals surface area (Å²) in [6.45, 7) is 10.8. The Balaban J connectivity index is 0.000000791. The summed E-state index contributed by atoms with van der Waals surface area (Å²) in [6.07, 6.45) is 3.83. The second kappa shape index (κ2) is 6.60. The molecule has 0 fully saturated rings. The van der Waals surface area contributed by atoms with Crippen molar-refractivity contribution in [3.05, 3.63) is 12.3 Å². The van der Waals surface area contributed by atoms with Crippen LogP contribution < -0.4 is 5.43 Å². The maximum absolute atomic E-state index is 11.5. The molecule has 1 atom stereocenters. The Morgan fingerprint density at radius 2 is 2.07 bits per heavy atom. The van der Waals surface area contributed by atoms with Crippen molar-refractivity contribution in [2.75, 3.05) is 6.54 Å². The first-order chi connectivity index (χ1) is 6.65. The largest absolute Gasteiger partial charge is 0.315 e. The van der Waals surface area contributed by atoms with Crippen molar-refractivity contribution in [3.8, 4) is 0 Å². The molecule has 1 N–H and O–H groups in total. The lowest BCUT2D eigenvalue weighted by Gasteiger charge is -2.17. The highest BCUT2D eigenvalue weighted by Crippen LogP contribution is 2.07. The van der Waals surface area contributed by atoms with Gasteiger partial charge in [0.15, 0.2) is 5.78 Å². The summed E-state index contributed by atoms with van der Waals surface area (Å²) in [5, 5.41) is 1.92. The van der Waals surface area contributed by atoms with E-state index in [1.165, 1.54) is 0 Å². The summed E-state index contributed by atoms with van der Waals surface area (Å²) in [5.74, 6) is 0.353. The van der Waals surface area contributed by atoms with E-state index in [1.807, 2.05) is 51.9 Å². The Kier molecular flexibility index (Phi) is 6.21. The van der Waals surface area contributed by atoms with Crippen LogP contribution in [0.2, 0.25) is 0 Å². The molecule has 3 nitrogen and oxygen atoms in total. The minimum Gasteiger partial charge on any atom is -0.315 e. The van der Waals surface area contributed by atoms with Crippen molar-refractivity contribution in [2.24, 2.45) is 5.92 Å². The van der Waals surface area contributed by atoms with Crippen LogP contribution >= 0.6 is 0 Å². The summed E-state index contributed by atoms with van der Waals surface area (Å²) in [7, 11) is 0. The predicted octanol–water partition coefficient (Wildman–Crippen LogP) is 1.96. The molecule has 14 heavy (non-hydrogen) atoms. The molecular weight excluding hydrogens is 176 g/mol. The van der Waals surface area contributed by atoms with E-state index in [2.05, 4.69) is 5.43 Å². The van der Waals surface area contributed by atoms with E-state index in [-0.39, 0.29) is 17.7 Å². The molecular formula is C11H22N2O. The van der Waals surface area contributed by atoms with Crippen LogP contribution in [-0.4, -0.2) is 23.4 Å². The van der Waals surface area contributed by atoms with E-state index in [0.29, 0.717) is 0 Å². The van der Waals surface area contributed by atoms with E-state index in [1.54, 1.807) is 0 Å². The standard InChI is InChI=1S/C9H16N2O.C2H6/c1-4-11-6-5-8(10-11)9(12)7(2)3;1-2/h5-8,10H,4H2,1-3H3;1-2H3. The summed E-state index contributed by atoms with van der Waals surface area (Å²) in [4.78, 5) is 11.5. The number of carbonyl (C=O) groups is 1. The van der Waals surface area contributed by atoms with Gasteiger partial charge in [0.1, 0.15) is 6.04 Å². The molecule has 1 aliphatic heterocycles. The molecule has 0 radical (unpaired) electrons. The molecule has 0 aromatic heterocycles. The average Bonchev–Trinajstić information content (AvgIpc) is 2.67. The van der Waals surface area contributed by atoms with Crippen LogP contribution in [0.1, 0.15) is 34.6 Å². The van der Waals surface area contributed by atoms with Gasteiger partial charge in [-0.05, 0) is 13.0 Å². The molecule has 1 rings (SSSR count). The molecule has 1 aliphatic rings. The van der Waals surface area contributed by atoms with Crippen LogP contribution in [0.25, 0.3) is 0 Å². The van der Waals surface area contributed by atoms with Gasteiger partial charge in [-0.3, -0.25) is 4.79 Å². The molecule has 3 heteroatoms. The van der Waals surface area contributed by atoms with Crippen molar-refractivity contribution in [1.29, 1.82) is 0 Å². The number of nitrogens with one attached hydrogen (secondary N) is 1. The Labute approximate surface area is 87.1 Å². The number of hydrazine groups is 1. The predicted molar refractivity (Wildman–Crippen MR) is 59.6 cm³/mol. The zero-order valence-corrected chi connectivity index (χ0v) is 9.87. The van der Waals surface area contributed by atoms with Crippen LogP contribution in [0.15, 0.2) is 12.3 Å². The molecule has 1 heterocycles. The second-order valence-corrected chi connectivity index (χ2v) is 3.29. The zero-order valence-electron chi connectivity index (χ0n) is 9.87. The number of nitrogens with zero attached hydrogens (tertiary/aromatic N) is 1. The van der Waals surface area contributed by atoms with Gasteiger partial charge in [-0.25, -0.2) is 5.43 Å². The van der Waals surface area contributed by atoms with Gasteiger partial charge in [0.25, 0.3) is 0 Å². The number of rotatable bonds is 3. The lowest BCUT2D eigenvalue weighted by Crippen LogP contribution is -2.41. The quantitative estimate of drug-likeness (QED) is 0.752. The average molecular weight is 198 g/mol. The highest BCUT2D eigenvalue weighted by Gasteiger charge is 2.22. The first-order valence-corrected chi connectivity index (χ1v) is 5.40. The van der Waals surface area contributed by atoms with Gasteiger partial charge in [0.05, 0.1) is 0 Å². The van der Waals surface area contributed by atoms with E-state index >= 15 is 0 Å². The van der Waals surface area contributed by atoms with Crippen molar-refractivity contribution >= 4 is 5.78 Å². The SMILES string of the molecule is CC.CCN1C=CC(C(=O)C(C)C)N1. The van der Waals surface area contributed by atoms with Crippen molar-refractivity contribution in [3.63, 3.8) is 0 Å². The first-order valence-electron chi connectivity index (χ1n) is 5.40. The number of carbonyl (C=O) groups excluding carboxylic acids is 1. The van der Waals surface area contributed by atoms with Crippen molar-refractivity contribution < 1.29 is 4.79 Å². The molecule has 0 aliphatic carbocycles. The van der Waals surface area contributed by atoms with Gasteiger partial charge in [-0.2, -0.15) is 0 Å². The smallest absolute Gasteiger partial charge is 0.158 e. The minimum absolute atomic E-state index is 0.101. The summed E-state index contributed by atoms with van der Waals surface area (Å²) < 4.78 is 0. The molecule has 0 amide bonds. The highest BCUT2D eigenvalue weighted by molar-refractivity contribution is 5.87. The van der Waals surface area contributed by atoms with Gasteiger partial charge in [-0.15, -0.1) is 0 Å². The molecule has 0 saturated heterocycles. The van der Waals surface area contributed by atoms with E-state index in [0.717, 1.165) is 6.54 Å². The zero-order chi connectivity index (χ0) is 11.1. The summed E-state index contributed by atoms with van der Waals surface area (Å²) >= 11 is 0. The topological polar surface area (TPSA) is 32.3 Å². The van der Waals surface area contributed by atoms with Gasteiger partial charge in [0, 0.05) is 18.7 Å². The molecule has 0 saturated carbocycles. The number of hydrogen-bond donors (Lipinski definition) is 1. The van der Waals surface area contributed by atoms with E-state index < -0.39 is 0 Å². The van der Waals surface area contributed by atoms with Crippen LogP contribution in [0.5, 0.6) is 0 Å². The number of hydrogen-bond acceptors (Lipinski definition) is 3. The second-order valence-electron chi connectivity index (χ2n) is 3.29. The maximum Gasteiger partial charge on any atom is 0.158 e. The van der Waals surface area contributed by atoms with Crippen molar-refractivity contribution in [1.82, 2.24) is 10.4 Å². The van der Waals surface area contributed by atoms with E-state index in [4.69, 9.17) is 0 Å². The lowest BCUT2D eigenvalue weighted by molar-refractivity contribution is -0.123. The fourth-order valence-corrected chi connectivity index (χ4v) is 1.17. The summed E-state index contributed by atoms with van der Waals surface area (Å²) in [6, 6.07) is -0.107. The monoisotopic (exact) mass is 198 g/mol. The van der Waals surface area contributed by atoms with Crippen LogP contribution in [0.4, 0.5) is 0 Å². The third-order valence-electron chi connectivity index (χ3n) is 1.98. The Hall–Kier alpha value is -0.830. The summed E-state index contributed by atoms with van der Waals surface area (Å²) in [5.41, 5.74) is 3.09. The van der Waals surface area contributed by atoms with Crippen LogP contribution in [-0.2, 0) is 4.79 Å². The molecule has 82 valence electrons. The normalized spacial score (nSPS) is 19.6. The molecule has 1 unspecified atom stereocenters. The fourth-order valence-electron chi connectivity index (χ4n) is 1.17. The first kappa shape index (κ1) is 13.2. The van der Waals surface area contributed by atoms with E-state index in [9.17, 15) is 4.79 Å². The lowest BCUT2D eigenvalue weighted by atomic mass is 10.0. The Bertz CT molecular complexity index is 199. The Morgan fingerprint density at radius 1 is 1.50 bits per heavy atom. The van der Waals surface area contributed by atoms with Crippen LogP contribution in [0.3, 0.4) is 0 Å². The van der Waals surface area contributed by atoms with Gasteiger partial charge >= 0.3 is 0 Å². The third kappa shape index (κ3) is 3.50. The molecule has 0 aromatic rings. The van der Waals surface area contributed by atoms with Gasteiger partial charge < -0.3 is 5.01 Å². The van der Waals surface area contributed by atoms with Crippen molar-refractivity contribution in [2.45, 2.75) is 40.7 Å². The van der Waals surface area contributed by atoms with Gasteiger partial charge in [-0.1, -0.05) is 27.7 Å². The van der Waals surface area contributed by atoms with Crippen LogP contribution in [0, 0.1) is 5.92 Å². The molecule has 0 spiro atoms. The number of ketones is 1. The Morgan fingerprint density at radius 3 is 2.43 bits per heavy atom. The maximum atomic E-state index is 11.5. The number of Topliss-reactive ketones (excluding diaryl/α,β-unsaturated/α-hetero) is 1. The molecule has 0 aromatic carbocycles. The molecule has 0 bridgehead atoms. The van der Waals surface area contributed by atoms with Gasteiger partial charge in [0.2, 0.25) is 0 Å². The fraction of sp³-hybridized carbons (Fsp3) is 0.727. The third-order valence-corrected chi connectivity index (χ3v) is 1.98. The highest BCUT2D eigenvalue weighted by atomic mass is 16.1. The minimum atomic E-state index is -0.107.